The lowest BCUT2D eigenvalue weighted by molar-refractivity contribution is -0.172. The first kappa shape index (κ1) is 21.0. The molecule has 3 rings (SSSR count). The number of hydrogen-bond acceptors (Lipinski definition) is 4. The summed E-state index contributed by atoms with van der Waals surface area (Å²) in [6.45, 7) is 1.18. The molecule has 154 valence electrons. The van der Waals surface area contributed by atoms with E-state index in [-0.39, 0.29) is 6.16 Å². The van der Waals surface area contributed by atoms with Gasteiger partial charge in [-0.1, -0.05) is 30.3 Å². The number of unbranched alkanes of at least 4 members (excludes halogenated alkanes) is 1. The summed E-state index contributed by atoms with van der Waals surface area (Å²) in [5.41, 5.74) is 0.197. The van der Waals surface area contributed by atoms with Gasteiger partial charge in [0.25, 0.3) is 5.91 Å². The maximum Gasteiger partial charge on any atom is 0.328 e. The third-order valence-corrected chi connectivity index (χ3v) is 8.12. The van der Waals surface area contributed by atoms with E-state index in [0.717, 1.165) is 12.8 Å². The van der Waals surface area contributed by atoms with Gasteiger partial charge >= 0.3 is 5.97 Å². The van der Waals surface area contributed by atoms with Crippen LogP contribution in [0.2, 0.25) is 0 Å². The van der Waals surface area contributed by atoms with Crippen molar-refractivity contribution in [1.29, 1.82) is 0 Å². The zero-order valence-electron chi connectivity index (χ0n) is 16.1. The first-order valence-electron chi connectivity index (χ1n) is 10.1. The van der Waals surface area contributed by atoms with E-state index >= 15 is 0 Å². The molecular formula is C20H29N2O5P. The van der Waals surface area contributed by atoms with Gasteiger partial charge in [-0.15, -0.1) is 0 Å². The molecule has 28 heavy (non-hydrogen) atoms. The number of benzene rings is 1. The molecule has 0 saturated carbocycles. The topological polar surface area (TPSA) is 98.1 Å². The molecule has 0 aliphatic carbocycles. The number of amides is 1. The Kier molecular flexibility index (Phi) is 6.91. The third kappa shape index (κ3) is 4.83. The Hall–Kier alpha value is -1.69. The lowest BCUT2D eigenvalue weighted by atomic mass is 10.1. The van der Waals surface area contributed by atoms with E-state index in [1.165, 1.54) is 10.6 Å². The van der Waals surface area contributed by atoms with Crippen molar-refractivity contribution in [2.24, 2.45) is 0 Å². The number of hydrazine groups is 1. The van der Waals surface area contributed by atoms with Gasteiger partial charge in [0, 0.05) is 19.3 Å². The van der Waals surface area contributed by atoms with Crippen molar-refractivity contribution in [3.63, 3.8) is 0 Å². The fourth-order valence-corrected chi connectivity index (χ4v) is 6.26. The maximum absolute atomic E-state index is 13.1. The summed E-state index contributed by atoms with van der Waals surface area (Å²) >= 11 is 0. The van der Waals surface area contributed by atoms with Crippen LogP contribution in [0.1, 0.15) is 44.1 Å². The number of carboxylic acid groups (broad SMARTS) is 1. The highest BCUT2D eigenvalue weighted by Gasteiger charge is 2.46. The summed E-state index contributed by atoms with van der Waals surface area (Å²) in [6.07, 6.45) is 4.33. The molecule has 2 aliphatic heterocycles. The van der Waals surface area contributed by atoms with Crippen LogP contribution in [0.25, 0.3) is 0 Å². The Bertz CT molecular complexity index is 741. The Morgan fingerprint density at radius 2 is 1.79 bits per heavy atom. The van der Waals surface area contributed by atoms with Crippen LogP contribution in [0, 0.1) is 0 Å². The molecule has 8 heteroatoms. The van der Waals surface area contributed by atoms with Gasteiger partial charge in [0.1, 0.15) is 11.7 Å². The highest BCUT2D eigenvalue weighted by Crippen LogP contribution is 2.51. The van der Waals surface area contributed by atoms with Gasteiger partial charge in [-0.2, -0.15) is 0 Å². The molecule has 0 spiro atoms. The molecule has 1 aromatic rings. The zero-order chi connectivity index (χ0) is 20.1. The van der Waals surface area contributed by atoms with E-state index in [4.69, 9.17) is 0 Å². The van der Waals surface area contributed by atoms with Gasteiger partial charge < -0.3 is 10.00 Å². The minimum Gasteiger partial charge on any atom is -0.480 e. The summed E-state index contributed by atoms with van der Waals surface area (Å²) in [4.78, 5) is 35.4. The molecule has 2 fully saturated rings. The van der Waals surface area contributed by atoms with Crippen LogP contribution in [-0.4, -0.2) is 62.8 Å². The van der Waals surface area contributed by atoms with Crippen molar-refractivity contribution in [2.75, 3.05) is 19.3 Å². The molecule has 2 aliphatic rings. The number of rotatable bonds is 7. The van der Waals surface area contributed by atoms with Crippen molar-refractivity contribution in [2.45, 2.75) is 56.6 Å². The van der Waals surface area contributed by atoms with Gasteiger partial charge in [0.05, 0.1) is 0 Å². The molecule has 2 saturated heterocycles. The van der Waals surface area contributed by atoms with Crippen LogP contribution in [0.3, 0.4) is 0 Å². The van der Waals surface area contributed by atoms with Crippen molar-refractivity contribution in [3.05, 3.63) is 35.9 Å². The molecular weight excluding hydrogens is 379 g/mol. The largest absolute Gasteiger partial charge is 0.480 e. The summed E-state index contributed by atoms with van der Waals surface area (Å²) in [5.74, 6) is -1.53. The number of carbonyl (C=O) groups is 2. The van der Waals surface area contributed by atoms with E-state index in [2.05, 4.69) is 0 Å². The van der Waals surface area contributed by atoms with Crippen molar-refractivity contribution in [1.82, 2.24) is 10.0 Å². The van der Waals surface area contributed by atoms with Crippen molar-refractivity contribution in [3.8, 4) is 0 Å². The third-order valence-electron chi connectivity index (χ3n) is 5.71. The minimum absolute atomic E-state index is 0.0990. The fraction of sp³-hybridized carbons (Fsp3) is 0.600. The fourth-order valence-electron chi connectivity index (χ4n) is 4.22. The number of nitrogens with zero attached hydrogens (tertiary/aromatic N) is 2. The predicted octanol–water partition coefficient (Wildman–Crippen LogP) is 2.73. The van der Waals surface area contributed by atoms with Gasteiger partial charge in [-0.05, 0) is 50.5 Å². The molecule has 0 aromatic heterocycles. The average Bonchev–Trinajstić information content (AvgIpc) is 2.85. The van der Waals surface area contributed by atoms with Crippen LogP contribution in [0.4, 0.5) is 0 Å². The van der Waals surface area contributed by atoms with E-state index in [9.17, 15) is 24.2 Å². The van der Waals surface area contributed by atoms with Gasteiger partial charge in [-0.25, -0.2) is 9.80 Å². The van der Waals surface area contributed by atoms with E-state index in [1.807, 2.05) is 30.3 Å². The van der Waals surface area contributed by atoms with Crippen LogP contribution < -0.4 is 0 Å². The Balaban J connectivity index is 1.64. The molecule has 0 bridgehead atoms. The van der Waals surface area contributed by atoms with Crippen molar-refractivity contribution < 1.29 is 24.2 Å². The molecule has 1 amide bonds. The van der Waals surface area contributed by atoms with Gasteiger partial charge in [0.2, 0.25) is 7.37 Å². The molecule has 1 aromatic carbocycles. The van der Waals surface area contributed by atoms with Crippen LogP contribution >= 0.6 is 7.37 Å². The monoisotopic (exact) mass is 408 g/mol. The lowest BCUT2D eigenvalue weighted by Gasteiger charge is -2.42. The average molecular weight is 408 g/mol. The van der Waals surface area contributed by atoms with Crippen molar-refractivity contribution >= 4 is 19.2 Å². The molecule has 1 unspecified atom stereocenters. The quantitative estimate of drug-likeness (QED) is 0.532. The standard InChI is InChI=1S/C20H29N2O5P/c23-19-18(12-7-14-21-13-6-11-17(20(24)25)22(19)21)28(26,27)15-5-4-10-16-8-2-1-3-9-16/h1-3,8-9,17-18H,4-7,10-15H2,(H,24,25)(H,26,27)/t17-,18-/m0/s1. The summed E-state index contributed by atoms with van der Waals surface area (Å²) in [7, 11) is -3.70. The number of carbonyl (C=O) groups excluding carboxylic acids is 1. The highest BCUT2D eigenvalue weighted by atomic mass is 31.2. The minimum atomic E-state index is -3.70. The normalized spacial score (nSPS) is 25.6. The van der Waals surface area contributed by atoms with E-state index in [1.54, 1.807) is 5.01 Å². The predicted molar refractivity (Wildman–Crippen MR) is 106 cm³/mol. The zero-order valence-corrected chi connectivity index (χ0v) is 17.0. The smallest absolute Gasteiger partial charge is 0.328 e. The summed E-state index contributed by atoms with van der Waals surface area (Å²) in [6, 6.07) is 9.03. The number of carboxylic acids is 1. The number of aryl methyl sites for hydroxylation is 1. The van der Waals surface area contributed by atoms with Crippen LogP contribution in [-0.2, 0) is 20.6 Å². The van der Waals surface area contributed by atoms with E-state index in [0.29, 0.717) is 45.2 Å². The Labute approximate surface area is 165 Å². The number of fused-ring (bicyclic) bond motifs is 1. The first-order chi connectivity index (χ1) is 13.4. The number of hydrogen-bond donors (Lipinski definition) is 2. The van der Waals surface area contributed by atoms with Crippen LogP contribution in [0.15, 0.2) is 30.3 Å². The second-order valence-electron chi connectivity index (χ2n) is 7.71. The van der Waals surface area contributed by atoms with Crippen LogP contribution in [0.5, 0.6) is 0 Å². The lowest BCUT2D eigenvalue weighted by Crippen LogP contribution is -2.59. The second kappa shape index (κ2) is 9.21. The van der Waals surface area contributed by atoms with Gasteiger partial charge in [-0.3, -0.25) is 14.4 Å². The summed E-state index contributed by atoms with van der Waals surface area (Å²) < 4.78 is 13.0. The summed E-state index contributed by atoms with van der Waals surface area (Å²) in [5, 5.41) is 12.5. The molecule has 3 atom stereocenters. The molecule has 7 nitrogen and oxygen atoms in total. The Morgan fingerprint density at radius 1 is 1.11 bits per heavy atom. The number of aliphatic carboxylic acids is 1. The maximum atomic E-state index is 13.1. The van der Waals surface area contributed by atoms with E-state index < -0.39 is 30.9 Å². The molecule has 2 heterocycles. The molecule has 0 radical (unpaired) electrons. The van der Waals surface area contributed by atoms with Gasteiger partial charge in [0.15, 0.2) is 0 Å². The first-order valence-corrected chi connectivity index (χ1v) is 12.0. The highest BCUT2D eigenvalue weighted by molar-refractivity contribution is 7.59. The second-order valence-corrected chi connectivity index (χ2v) is 10.3. The molecule has 2 N–H and O–H groups in total. The SMILES string of the molecule is O=C(O)[C@@H]1CCCN2CCC[C@H](P(=O)(O)CCCCc3ccccc3)C(=O)N12. The Morgan fingerprint density at radius 3 is 2.46 bits per heavy atom.